The van der Waals surface area contributed by atoms with Gasteiger partial charge in [-0.05, 0) is 31.2 Å². The lowest BCUT2D eigenvalue weighted by Gasteiger charge is -2.39. The van der Waals surface area contributed by atoms with E-state index in [-0.39, 0.29) is 12.1 Å². The summed E-state index contributed by atoms with van der Waals surface area (Å²) in [6, 6.07) is 6.02. The van der Waals surface area contributed by atoms with E-state index in [2.05, 4.69) is 31.9 Å². The molecule has 1 rings (SSSR count). The van der Waals surface area contributed by atoms with Crippen molar-refractivity contribution >= 4 is 16.7 Å². The average Bonchev–Trinajstić information content (AvgIpc) is 2.77. The number of rotatable bonds is 16. The second-order valence-electron chi connectivity index (χ2n) is 8.18. The lowest BCUT2D eigenvalue weighted by molar-refractivity contribution is -0.929. The number of nitrogens with zero attached hydrogens (tertiary/aromatic N) is 1. The first-order valence-electron chi connectivity index (χ1n) is 11.7. The van der Waals surface area contributed by atoms with Crippen molar-refractivity contribution in [1.82, 2.24) is 0 Å². The molecule has 0 atom stereocenters. The molecule has 0 aromatic heterocycles. The van der Waals surface area contributed by atoms with Gasteiger partial charge in [0.25, 0.3) is 0 Å². The second-order valence-corrected chi connectivity index (χ2v) is 9.23. The van der Waals surface area contributed by atoms with E-state index in [9.17, 15) is 17.8 Å². The summed E-state index contributed by atoms with van der Waals surface area (Å²) in [4.78, 5) is 10.3. The average molecular weight is 476 g/mol. The molecule has 0 aliphatic heterocycles. The summed E-state index contributed by atoms with van der Waals surface area (Å²) in [6.07, 6.45) is 11.7. The first kappa shape index (κ1) is 32.9. The van der Waals surface area contributed by atoms with Gasteiger partial charge in [-0.15, -0.1) is 0 Å². The molecule has 0 aliphatic carbocycles. The molecule has 0 spiro atoms. The lowest BCUT2D eigenvalue weighted by atomic mass is 10.1. The molecule has 188 valence electrons. The van der Waals surface area contributed by atoms with E-state index in [0.29, 0.717) is 17.4 Å². The minimum Gasteiger partial charge on any atom is -0.726 e. The van der Waals surface area contributed by atoms with Crippen molar-refractivity contribution in [2.24, 2.45) is 0 Å². The molecular formula is C24H45NO6S. The molecule has 1 aromatic rings. The first-order chi connectivity index (χ1) is 14.8. The van der Waals surface area contributed by atoms with E-state index in [1.165, 1.54) is 106 Å². The summed E-state index contributed by atoms with van der Waals surface area (Å²) >= 11 is 0. The van der Waals surface area contributed by atoms with E-state index in [1.807, 2.05) is 0 Å². The smallest absolute Gasteiger partial charge is 0.217 e. The number of quaternary nitrogens is 1. The van der Waals surface area contributed by atoms with Gasteiger partial charge in [-0.25, -0.2) is 8.42 Å². The van der Waals surface area contributed by atoms with Crippen molar-refractivity contribution in [2.45, 2.75) is 85.7 Å². The van der Waals surface area contributed by atoms with Gasteiger partial charge in [-0.3, -0.25) is 8.98 Å². The largest absolute Gasteiger partial charge is 0.726 e. The van der Waals surface area contributed by atoms with Crippen LogP contribution in [0.2, 0.25) is 0 Å². The maximum absolute atomic E-state index is 10.3. The standard InChI is InChI=1S/C16H36N.C8H8O5S.H2O/c1-5-9-13-17(14-10-6-2,15-11-7-3)16-12-8-4;9-5-7-1-3-8(4-2-7)6-13-14(10,11)12;/h5-16H2,1-4H3;1-5H,6H2,(H,10,11,12);1H2/q+1;;/p-1. The van der Waals surface area contributed by atoms with E-state index in [4.69, 9.17) is 0 Å². The van der Waals surface area contributed by atoms with Crippen molar-refractivity contribution in [3.63, 3.8) is 0 Å². The quantitative estimate of drug-likeness (QED) is 0.149. The zero-order valence-electron chi connectivity index (χ0n) is 20.5. The molecule has 8 heteroatoms. The molecule has 0 radical (unpaired) electrons. The fraction of sp³-hybridized carbons (Fsp3) is 0.708. The van der Waals surface area contributed by atoms with Crippen LogP contribution in [-0.2, 0) is 21.2 Å². The molecule has 1 aromatic carbocycles. The third kappa shape index (κ3) is 16.3. The van der Waals surface area contributed by atoms with Gasteiger partial charge in [0, 0.05) is 5.56 Å². The van der Waals surface area contributed by atoms with Crippen molar-refractivity contribution in [2.75, 3.05) is 26.2 Å². The van der Waals surface area contributed by atoms with Crippen LogP contribution < -0.4 is 0 Å². The molecule has 2 N–H and O–H groups in total. The Morgan fingerprint density at radius 2 is 1.19 bits per heavy atom. The number of hydrogen-bond acceptors (Lipinski definition) is 5. The molecule has 0 saturated carbocycles. The molecule has 0 unspecified atom stereocenters. The maximum atomic E-state index is 10.3. The van der Waals surface area contributed by atoms with Crippen molar-refractivity contribution in [3.05, 3.63) is 35.4 Å². The van der Waals surface area contributed by atoms with Gasteiger partial charge in [-0.1, -0.05) is 77.6 Å². The van der Waals surface area contributed by atoms with E-state index >= 15 is 0 Å². The Labute approximate surface area is 196 Å². The van der Waals surface area contributed by atoms with Gasteiger partial charge in [0.1, 0.15) is 6.29 Å². The lowest BCUT2D eigenvalue weighted by Crippen LogP contribution is -2.50. The molecule has 32 heavy (non-hydrogen) atoms. The van der Waals surface area contributed by atoms with E-state index < -0.39 is 10.4 Å². The highest BCUT2D eigenvalue weighted by Crippen LogP contribution is 2.16. The number of carbonyl (C=O) groups excluding carboxylic acids is 1. The monoisotopic (exact) mass is 475 g/mol. The minimum absolute atomic E-state index is 0. The predicted molar refractivity (Wildman–Crippen MR) is 129 cm³/mol. The third-order valence-electron chi connectivity index (χ3n) is 5.43. The summed E-state index contributed by atoms with van der Waals surface area (Å²) in [7, 11) is -4.66. The van der Waals surface area contributed by atoms with Crippen LogP contribution in [0, 0.1) is 0 Å². The molecule has 7 nitrogen and oxygen atoms in total. The summed E-state index contributed by atoms with van der Waals surface area (Å²) in [6.45, 7) is 14.7. The van der Waals surface area contributed by atoms with Gasteiger partial charge < -0.3 is 14.5 Å². The van der Waals surface area contributed by atoms with Gasteiger partial charge >= 0.3 is 0 Å². The molecule has 0 fully saturated rings. The molecular weight excluding hydrogens is 430 g/mol. The Balaban J connectivity index is 0. The molecule has 0 heterocycles. The highest BCUT2D eigenvalue weighted by molar-refractivity contribution is 7.80. The number of hydrogen-bond donors (Lipinski definition) is 0. The topological polar surface area (TPSA) is 115 Å². The number of carbonyl (C=O) groups is 1. The van der Waals surface area contributed by atoms with Gasteiger partial charge in [0.2, 0.25) is 10.4 Å². The first-order valence-corrected chi connectivity index (χ1v) is 13.1. The fourth-order valence-corrected chi connectivity index (χ4v) is 3.76. The van der Waals surface area contributed by atoms with Gasteiger partial charge in [0.15, 0.2) is 0 Å². The SMILES string of the molecule is CCCC[N+](CCCC)(CCCC)CCCC.O.O=Cc1ccc(COS(=O)(=O)[O-])cc1. The van der Waals surface area contributed by atoms with Crippen molar-refractivity contribution in [1.29, 1.82) is 0 Å². The van der Waals surface area contributed by atoms with Crippen LogP contribution in [-0.4, -0.2) is 55.4 Å². The maximum Gasteiger partial charge on any atom is 0.217 e. The summed E-state index contributed by atoms with van der Waals surface area (Å²) in [5.41, 5.74) is 0.980. The Morgan fingerprint density at radius 1 is 0.812 bits per heavy atom. The second kappa shape index (κ2) is 19.2. The zero-order chi connectivity index (χ0) is 23.6. The number of aldehydes is 1. The Hall–Kier alpha value is -1.32. The van der Waals surface area contributed by atoms with Gasteiger partial charge in [-0.2, -0.15) is 0 Å². The van der Waals surface area contributed by atoms with Crippen LogP contribution in [0.3, 0.4) is 0 Å². The molecule has 0 bridgehead atoms. The summed E-state index contributed by atoms with van der Waals surface area (Å²) in [5.74, 6) is 0. The predicted octanol–water partition coefficient (Wildman–Crippen LogP) is 4.65. The minimum atomic E-state index is -4.66. The van der Waals surface area contributed by atoms with Crippen LogP contribution in [0.4, 0.5) is 0 Å². The summed E-state index contributed by atoms with van der Waals surface area (Å²) in [5, 5.41) is 0. The molecule has 0 amide bonds. The Morgan fingerprint density at radius 3 is 1.47 bits per heavy atom. The third-order valence-corrected chi connectivity index (χ3v) is 5.84. The zero-order valence-corrected chi connectivity index (χ0v) is 21.3. The normalized spacial score (nSPS) is 11.3. The number of benzene rings is 1. The highest BCUT2D eigenvalue weighted by Gasteiger charge is 2.24. The van der Waals surface area contributed by atoms with Crippen LogP contribution in [0.5, 0.6) is 0 Å². The van der Waals surface area contributed by atoms with Crippen LogP contribution >= 0.6 is 0 Å². The van der Waals surface area contributed by atoms with Gasteiger partial charge in [0.05, 0.1) is 32.8 Å². The van der Waals surface area contributed by atoms with E-state index in [1.54, 1.807) is 0 Å². The Kier molecular flexibility index (Phi) is 19.7. The Bertz CT molecular complexity index is 639. The van der Waals surface area contributed by atoms with E-state index in [0.717, 1.165) is 0 Å². The summed E-state index contributed by atoms with van der Waals surface area (Å²) < 4.78 is 35.7. The van der Waals surface area contributed by atoms with Crippen molar-refractivity contribution < 1.29 is 31.9 Å². The van der Waals surface area contributed by atoms with Crippen LogP contribution in [0.1, 0.15) is 95.0 Å². The highest BCUT2D eigenvalue weighted by atomic mass is 32.3. The van der Waals surface area contributed by atoms with Crippen molar-refractivity contribution in [3.8, 4) is 0 Å². The molecule has 0 aliphatic rings. The van der Waals surface area contributed by atoms with Crippen LogP contribution in [0.15, 0.2) is 24.3 Å². The fourth-order valence-electron chi connectivity index (χ4n) is 3.48. The van der Waals surface area contributed by atoms with Crippen LogP contribution in [0.25, 0.3) is 0 Å². The number of unbranched alkanes of at least 4 members (excludes halogenated alkanes) is 4. The molecule has 0 saturated heterocycles.